The first kappa shape index (κ1) is 11.2. The lowest BCUT2D eigenvalue weighted by Crippen LogP contribution is -2.42. The Labute approximate surface area is 85.7 Å². The zero-order chi connectivity index (χ0) is 10.6. The smallest absolute Gasteiger partial charge is 0.246 e. The Kier molecular flexibility index (Phi) is 4.14. The van der Waals surface area contributed by atoms with Crippen molar-refractivity contribution in [1.29, 1.82) is 0 Å². The number of amides is 1. The number of hydrogen-bond donors (Lipinski definition) is 2. The zero-order valence-corrected chi connectivity index (χ0v) is 9.05. The monoisotopic (exact) mass is 196 g/mol. The van der Waals surface area contributed by atoms with Crippen LogP contribution in [0.2, 0.25) is 0 Å². The van der Waals surface area contributed by atoms with E-state index >= 15 is 0 Å². The average Bonchev–Trinajstić information content (AvgIpc) is 2.97. The number of nitrogens with two attached hydrogens (primary N) is 1. The molecule has 1 rings (SSSR count). The van der Waals surface area contributed by atoms with Gasteiger partial charge < -0.3 is 11.1 Å². The van der Waals surface area contributed by atoms with Crippen LogP contribution < -0.4 is 11.1 Å². The molecular formula is C11H20N2O. The van der Waals surface area contributed by atoms with Crippen LogP contribution >= 0.6 is 0 Å². The van der Waals surface area contributed by atoms with Gasteiger partial charge in [-0.1, -0.05) is 13.0 Å². The highest BCUT2D eigenvalue weighted by molar-refractivity contribution is 5.92. The fourth-order valence-corrected chi connectivity index (χ4v) is 1.55. The molecule has 1 atom stereocenters. The summed E-state index contributed by atoms with van der Waals surface area (Å²) in [6.45, 7) is 4.42. The highest BCUT2D eigenvalue weighted by Crippen LogP contribution is 2.32. The second-order valence-corrected chi connectivity index (χ2v) is 3.95. The van der Waals surface area contributed by atoms with Crippen LogP contribution in [0.25, 0.3) is 0 Å². The number of hydrogen-bond acceptors (Lipinski definition) is 2. The van der Waals surface area contributed by atoms with Gasteiger partial charge >= 0.3 is 0 Å². The normalized spacial score (nSPS) is 19.2. The molecule has 0 aromatic rings. The molecule has 0 aliphatic heterocycles. The molecule has 0 radical (unpaired) electrons. The first-order valence-corrected chi connectivity index (χ1v) is 5.36. The van der Waals surface area contributed by atoms with E-state index < -0.39 is 0 Å². The number of carbonyl (C=O) groups excluding carboxylic acids is 1. The lowest BCUT2D eigenvalue weighted by molar-refractivity contribution is -0.118. The Bertz CT molecular complexity index is 231. The highest BCUT2D eigenvalue weighted by atomic mass is 16.1. The van der Waals surface area contributed by atoms with E-state index in [1.807, 2.05) is 19.9 Å². The van der Waals surface area contributed by atoms with E-state index in [-0.39, 0.29) is 11.9 Å². The van der Waals surface area contributed by atoms with E-state index in [1.54, 1.807) is 0 Å². The molecule has 0 heterocycles. The minimum Gasteiger partial charge on any atom is -0.348 e. The van der Waals surface area contributed by atoms with Crippen molar-refractivity contribution in [3.8, 4) is 0 Å². The maximum Gasteiger partial charge on any atom is 0.246 e. The fourth-order valence-electron chi connectivity index (χ4n) is 1.55. The van der Waals surface area contributed by atoms with Gasteiger partial charge in [-0.2, -0.15) is 0 Å². The van der Waals surface area contributed by atoms with Crippen molar-refractivity contribution >= 4 is 5.91 Å². The largest absolute Gasteiger partial charge is 0.348 e. The van der Waals surface area contributed by atoms with Crippen LogP contribution in [0.4, 0.5) is 0 Å². The van der Waals surface area contributed by atoms with E-state index in [2.05, 4.69) is 5.32 Å². The average molecular weight is 196 g/mol. The van der Waals surface area contributed by atoms with Crippen molar-refractivity contribution < 1.29 is 4.79 Å². The van der Waals surface area contributed by atoms with Crippen LogP contribution in [0, 0.1) is 5.92 Å². The minimum absolute atomic E-state index is 0.0363. The van der Waals surface area contributed by atoms with Crippen molar-refractivity contribution in [2.45, 2.75) is 39.2 Å². The van der Waals surface area contributed by atoms with Gasteiger partial charge in [-0.05, 0) is 32.1 Å². The molecule has 1 aliphatic rings. The Hall–Kier alpha value is -0.830. The second-order valence-electron chi connectivity index (χ2n) is 3.95. The molecule has 0 aromatic carbocycles. The van der Waals surface area contributed by atoms with E-state index in [9.17, 15) is 4.79 Å². The molecular weight excluding hydrogens is 176 g/mol. The maximum absolute atomic E-state index is 11.6. The highest BCUT2D eigenvalue weighted by Gasteiger charge is 2.31. The van der Waals surface area contributed by atoms with Gasteiger partial charge in [-0.3, -0.25) is 4.79 Å². The van der Waals surface area contributed by atoms with Crippen LogP contribution in [0.1, 0.15) is 33.1 Å². The standard InChI is InChI=1S/C11H20N2O/c1-3-4-8(2)11(14)13-10(7-12)9-5-6-9/h4,9-10H,3,5-7,12H2,1-2H3,(H,13,14). The van der Waals surface area contributed by atoms with Crippen LogP contribution in [-0.4, -0.2) is 18.5 Å². The Morgan fingerprint density at radius 2 is 2.29 bits per heavy atom. The third kappa shape index (κ3) is 3.14. The summed E-state index contributed by atoms with van der Waals surface area (Å²) in [5.74, 6) is 0.660. The van der Waals surface area contributed by atoms with Gasteiger partial charge in [-0.25, -0.2) is 0 Å². The Morgan fingerprint density at radius 1 is 1.64 bits per heavy atom. The molecule has 1 saturated carbocycles. The van der Waals surface area contributed by atoms with E-state index in [1.165, 1.54) is 12.8 Å². The van der Waals surface area contributed by atoms with Crippen LogP contribution in [0.15, 0.2) is 11.6 Å². The van der Waals surface area contributed by atoms with Gasteiger partial charge in [0.15, 0.2) is 0 Å². The topological polar surface area (TPSA) is 55.1 Å². The molecule has 80 valence electrons. The number of allylic oxidation sites excluding steroid dienone is 1. The molecule has 0 aromatic heterocycles. The molecule has 3 heteroatoms. The SMILES string of the molecule is CCC=C(C)C(=O)NC(CN)C1CC1. The molecule has 0 saturated heterocycles. The summed E-state index contributed by atoms with van der Waals surface area (Å²) >= 11 is 0. The second kappa shape index (κ2) is 5.15. The molecule has 1 fully saturated rings. The summed E-state index contributed by atoms with van der Waals surface area (Å²) in [4.78, 5) is 11.6. The number of carbonyl (C=O) groups is 1. The van der Waals surface area contributed by atoms with Gasteiger partial charge in [0.25, 0.3) is 0 Å². The summed E-state index contributed by atoms with van der Waals surface area (Å²) in [7, 11) is 0. The molecule has 0 bridgehead atoms. The first-order valence-electron chi connectivity index (χ1n) is 5.36. The van der Waals surface area contributed by atoms with E-state index in [0.717, 1.165) is 12.0 Å². The van der Waals surface area contributed by atoms with Gasteiger partial charge in [-0.15, -0.1) is 0 Å². The van der Waals surface area contributed by atoms with Crippen molar-refractivity contribution in [1.82, 2.24) is 5.32 Å². The van der Waals surface area contributed by atoms with Crippen molar-refractivity contribution in [2.24, 2.45) is 11.7 Å². The summed E-state index contributed by atoms with van der Waals surface area (Å²) < 4.78 is 0. The van der Waals surface area contributed by atoms with Gasteiger partial charge in [0.1, 0.15) is 0 Å². The number of rotatable bonds is 5. The first-order chi connectivity index (χ1) is 6.69. The summed E-state index contributed by atoms with van der Waals surface area (Å²) in [6.07, 6.45) is 5.25. The third-order valence-corrected chi connectivity index (χ3v) is 2.63. The van der Waals surface area contributed by atoms with Crippen molar-refractivity contribution in [3.05, 3.63) is 11.6 Å². The summed E-state index contributed by atoms with van der Waals surface area (Å²) in [5.41, 5.74) is 6.40. The van der Waals surface area contributed by atoms with Gasteiger partial charge in [0.2, 0.25) is 5.91 Å². The van der Waals surface area contributed by atoms with Gasteiger partial charge in [0.05, 0.1) is 0 Å². The van der Waals surface area contributed by atoms with Crippen LogP contribution in [0.5, 0.6) is 0 Å². The fraction of sp³-hybridized carbons (Fsp3) is 0.727. The predicted octanol–water partition coefficient (Wildman–Crippen LogP) is 1.20. The molecule has 1 unspecified atom stereocenters. The molecule has 1 amide bonds. The Morgan fingerprint density at radius 3 is 2.71 bits per heavy atom. The molecule has 1 aliphatic carbocycles. The molecule has 3 nitrogen and oxygen atoms in total. The Balaban J connectivity index is 2.41. The summed E-state index contributed by atoms with van der Waals surface area (Å²) in [5, 5.41) is 2.98. The molecule has 3 N–H and O–H groups in total. The summed E-state index contributed by atoms with van der Waals surface area (Å²) in [6, 6.07) is 0.183. The lowest BCUT2D eigenvalue weighted by atomic mass is 10.1. The number of nitrogens with one attached hydrogen (secondary N) is 1. The molecule has 14 heavy (non-hydrogen) atoms. The third-order valence-electron chi connectivity index (χ3n) is 2.63. The lowest BCUT2D eigenvalue weighted by Gasteiger charge is -2.16. The minimum atomic E-state index is 0.0363. The maximum atomic E-state index is 11.6. The van der Waals surface area contributed by atoms with Crippen LogP contribution in [0.3, 0.4) is 0 Å². The van der Waals surface area contributed by atoms with E-state index in [0.29, 0.717) is 12.5 Å². The van der Waals surface area contributed by atoms with Crippen molar-refractivity contribution in [3.63, 3.8) is 0 Å². The molecule has 0 spiro atoms. The quantitative estimate of drug-likeness (QED) is 0.649. The van der Waals surface area contributed by atoms with Crippen LogP contribution in [-0.2, 0) is 4.79 Å². The van der Waals surface area contributed by atoms with Gasteiger partial charge in [0, 0.05) is 18.2 Å². The van der Waals surface area contributed by atoms with Crippen molar-refractivity contribution in [2.75, 3.05) is 6.54 Å². The zero-order valence-electron chi connectivity index (χ0n) is 9.05. The van der Waals surface area contributed by atoms with E-state index in [4.69, 9.17) is 5.73 Å². The predicted molar refractivity (Wildman–Crippen MR) is 57.8 cm³/mol.